The summed E-state index contributed by atoms with van der Waals surface area (Å²) in [5.41, 5.74) is 2.92. The number of aromatic nitrogens is 2. The zero-order valence-corrected chi connectivity index (χ0v) is 14.3. The van der Waals surface area contributed by atoms with Crippen LogP contribution in [0.2, 0.25) is 0 Å². The summed E-state index contributed by atoms with van der Waals surface area (Å²) in [7, 11) is 0. The van der Waals surface area contributed by atoms with Gasteiger partial charge in [-0.1, -0.05) is 24.3 Å². The van der Waals surface area contributed by atoms with Gasteiger partial charge >= 0.3 is 5.97 Å². The molecule has 0 amide bonds. The van der Waals surface area contributed by atoms with Crippen molar-refractivity contribution in [3.8, 4) is 16.3 Å². The normalized spacial score (nSPS) is 20.3. The summed E-state index contributed by atoms with van der Waals surface area (Å²) in [6.45, 7) is 0. The molecule has 0 radical (unpaired) electrons. The summed E-state index contributed by atoms with van der Waals surface area (Å²) < 4.78 is 1.86. The number of para-hydroxylation sites is 1. The summed E-state index contributed by atoms with van der Waals surface area (Å²) >= 11 is 3.25. The second-order valence-electron chi connectivity index (χ2n) is 5.46. The lowest BCUT2D eigenvalue weighted by atomic mass is 10.2. The van der Waals surface area contributed by atoms with Gasteiger partial charge in [0.05, 0.1) is 15.9 Å². The van der Waals surface area contributed by atoms with Gasteiger partial charge in [0.25, 0.3) is 0 Å². The summed E-state index contributed by atoms with van der Waals surface area (Å²) in [5, 5.41) is 19.1. The van der Waals surface area contributed by atoms with E-state index < -0.39 is 12.0 Å². The van der Waals surface area contributed by atoms with Crippen LogP contribution in [0.1, 0.15) is 10.9 Å². The zero-order valence-electron chi connectivity index (χ0n) is 12.6. The van der Waals surface area contributed by atoms with Crippen LogP contribution in [0.4, 0.5) is 0 Å². The maximum atomic E-state index is 11.2. The van der Waals surface area contributed by atoms with Gasteiger partial charge in [-0.05, 0) is 23.6 Å². The third-order valence-corrected chi connectivity index (χ3v) is 6.01. The van der Waals surface area contributed by atoms with Crippen molar-refractivity contribution in [1.82, 2.24) is 15.1 Å². The van der Waals surface area contributed by atoms with Crippen LogP contribution in [0.3, 0.4) is 0 Å². The number of carboxylic acid groups (broad SMARTS) is 1. The molecule has 1 aliphatic heterocycles. The van der Waals surface area contributed by atoms with Crippen molar-refractivity contribution in [3.63, 3.8) is 0 Å². The highest BCUT2D eigenvalue weighted by Crippen LogP contribution is 2.39. The van der Waals surface area contributed by atoms with E-state index in [4.69, 9.17) is 5.10 Å². The molecule has 3 aromatic rings. The van der Waals surface area contributed by atoms with Crippen LogP contribution < -0.4 is 5.32 Å². The molecule has 4 rings (SSSR count). The first-order valence-electron chi connectivity index (χ1n) is 7.51. The predicted molar refractivity (Wildman–Crippen MR) is 96.6 cm³/mol. The number of hydrogen-bond donors (Lipinski definition) is 2. The number of nitrogens with one attached hydrogen (secondary N) is 1. The van der Waals surface area contributed by atoms with Crippen molar-refractivity contribution in [3.05, 3.63) is 59.6 Å². The predicted octanol–water partition coefficient (Wildman–Crippen LogP) is 3.39. The van der Waals surface area contributed by atoms with Crippen molar-refractivity contribution >= 4 is 29.1 Å². The molecule has 2 aromatic heterocycles. The number of aliphatic carboxylic acids is 1. The van der Waals surface area contributed by atoms with E-state index in [9.17, 15) is 9.90 Å². The first kappa shape index (κ1) is 15.4. The van der Waals surface area contributed by atoms with E-state index in [0.29, 0.717) is 5.75 Å². The maximum Gasteiger partial charge on any atom is 0.321 e. The van der Waals surface area contributed by atoms with Gasteiger partial charge in [-0.15, -0.1) is 23.1 Å². The molecule has 5 nitrogen and oxygen atoms in total. The van der Waals surface area contributed by atoms with Crippen molar-refractivity contribution in [1.29, 1.82) is 0 Å². The average Bonchev–Trinajstić information content (AvgIpc) is 3.33. The molecule has 2 atom stereocenters. The van der Waals surface area contributed by atoms with Gasteiger partial charge in [-0.2, -0.15) is 5.10 Å². The van der Waals surface area contributed by atoms with Crippen LogP contribution in [0.15, 0.2) is 54.0 Å². The summed E-state index contributed by atoms with van der Waals surface area (Å²) in [6, 6.07) is 13.5. The van der Waals surface area contributed by atoms with E-state index in [1.54, 1.807) is 23.1 Å². The highest BCUT2D eigenvalue weighted by atomic mass is 32.2. The monoisotopic (exact) mass is 357 g/mol. The smallest absolute Gasteiger partial charge is 0.321 e. The van der Waals surface area contributed by atoms with E-state index in [1.165, 1.54) is 0 Å². The van der Waals surface area contributed by atoms with Gasteiger partial charge in [0.1, 0.15) is 11.7 Å². The Hall–Kier alpha value is -2.09. The highest BCUT2D eigenvalue weighted by molar-refractivity contribution is 7.99. The molecule has 0 saturated carbocycles. The van der Waals surface area contributed by atoms with E-state index in [0.717, 1.165) is 21.8 Å². The van der Waals surface area contributed by atoms with Crippen LogP contribution in [0.25, 0.3) is 16.3 Å². The van der Waals surface area contributed by atoms with Crippen LogP contribution in [-0.4, -0.2) is 32.7 Å². The van der Waals surface area contributed by atoms with E-state index in [2.05, 4.69) is 5.32 Å². The summed E-state index contributed by atoms with van der Waals surface area (Å²) in [4.78, 5) is 12.3. The number of carboxylic acids is 1. The van der Waals surface area contributed by atoms with Gasteiger partial charge in [0, 0.05) is 17.5 Å². The van der Waals surface area contributed by atoms with Gasteiger partial charge in [-0.25, -0.2) is 4.68 Å². The molecular formula is C17H15N3O2S2. The molecule has 24 heavy (non-hydrogen) atoms. The van der Waals surface area contributed by atoms with E-state index >= 15 is 0 Å². The molecule has 7 heteroatoms. The number of hydrogen-bond acceptors (Lipinski definition) is 5. The molecular weight excluding hydrogens is 342 g/mol. The Bertz CT molecular complexity index is 846. The molecule has 1 aromatic carbocycles. The third kappa shape index (κ3) is 2.86. The molecule has 1 fully saturated rings. The van der Waals surface area contributed by atoms with E-state index in [1.807, 2.05) is 58.7 Å². The number of thioether (sulfide) groups is 1. The van der Waals surface area contributed by atoms with Gasteiger partial charge < -0.3 is 5.11 Å². The number of rotatable bonds is 4. The van der Waals surface area contributed by atoms with Crippen LogP contribution in [-0.2, 0) is 4.79 Å². The summed E-state index contributed by atoms with van der Waals surface area (Å²) in [6.07, 6.45) is 2.00. The minimum absolute atomic E-state index is 0.0688. The van der Waals surface area contributed by atoms with Crippen LogP contribution in [0, 0.1) is 0 Å². The zero-order chi connectivity index (χ0) is 16.5. The fourth-order valence-electron chi connectivity index (χ4n) is 2.69. The minimum Gasteiger partial charge on any atom is -0.480 e. The molecule has 0 spiro atoms. The quantitative estimate of drug-likeness (QED) is 0.749. The highest BCUT2D eigenvalue weighted by Gasteiger charge is 2.33. The van der Waals surface area contributed by atoms with Crippen molar-refractivity contribution in [2.75, 3.05) is 5.75 Å². The SMILES string of the molecule is O=C(O)[C@H]1CS[C@H](c2cn(-c3ccccc3)nc2-c2cccs2)N1. The lowest BCUT2D eigenvalue weighted by molar-refractivity contribution is -0.138. The standard InChI is InChI=1S/C17H15N3O2S2/c21-17(22)13-10-24-16(18-13)12-9-20(11-5-2-1-3-6-11)19-15(12)14-7-4-8-23-14/h1-9,13,16,18H,10H2,(H,21,22)/t13-,16-/m1/s1. The number of carbonyl (C=O) groups is 1. The molecule has 0 aliphatic carbocycles. The first-order valence-corrected chi connectivity index (χ1v) is 9.44. The molecule has 122 valence electrons. The fourth-order valence-corrected chi connectivity index (χ4v) is 4.66. The van der Waals surface area contributed by atoms with Crippen molar-refractivity contribution in [2.24, 2.45) is 0 Å². The maximum absolute atomic E-state index is 11.2. The largest absolute Gasteiger partial charge is 0.480 e. The molecule has 3 heterocycles. The molecule has 1 saturated heterocycles. The number of benzene rings is 1. The second kappa shape index (κ2) is 6.43. The number of nitrogens with zero attached hydrogens (tertiary/aromatic N) is 2. The Morgan fingerprint density at radius 1 is 1.25 bits per heavy atom. The Morgan fingerprint density at radius 3 is 2.75 bits per heavy atom. The minimum atomic E-state index is -0.807. The average molecular weight is 357 g/mol. The molecule has 2 N–H and O–H groups in total. The number of thiophene rings is 1. The van der Waals surface area contributed by atoms with E-state index in [-0.39, 0.29) is 5.37 Å². The topological polar surface area (TPSA) is 67.1 Å². The Kier molecular flexibility index (Phi) is 4.13. The Labute approximate surface area is 147 Å². The first-order chi connectivity index (χ1) is 11.7. The lowest BCUT2D eigenvalue weighted by Gasteiger charge is -2.10. The second-order valence-corrected chi connectivity index (χ2v) is 7.55. The van der Waals surface area contributed by atoms with Gasteiger partial charge in [0.2, 0.25) is 0 Å². The lowest BCUT2D eigenvalue weighted by Crippen LogP contribution is -2.33. The van der Waals surface area contributed by atoms with Crippen molar-refractivity contribution in [2.45, 2.75) is 11.4 Å². The summed E-state index contributed by atoms with van der Waals surface area (Å²) in [5.74, 6) is -0.251. The molecule has 1 aliphatic rings. The van der Waals surface area contributed by atoms with Crippen LogP contribution >= 0.6 is 23.1 Å². The van der Waals surface area contributed by atoms with Gasteiger partial charge in [0.15, 0.2) is 0 Å². The third-order valence-electron chi connectivity index (χ3n) is 3.88. The fraction of sp³-hybridized carbons (Fsp3) is 0.176. The molecule has 0 bridgehead atoms. The Balaban J connectivity index is 1.75. The Morgan fingerprint density at radius 2 is 2.08 bits per heavy atom. The molecule has 0 unspecified atom stereocenters. The van der Waals surface area contributed by atoms with Gasteiger partial charge in [-0.3, -0.25) is 10.1 Å². The van der Waals surface area contributed by atoms with Crippen molar-refractivity contribution < 1.29 is 9.90 Å². The van der Waals surface area contributed by atoms with Crippen LogP contribution in [0.5, 0.6) is 0 Å².